The summed E-state index contributed by atoms with van der Waals surface area (Å²) in [6.07, 6.45) is 2.37. The molecule has 1 heterocycles. The van der Waals surface area contributed by atoms with Crippen LogP contribution in [0, 0.1) is 11.2 Å². The van der Waals surface area contributed by atoms with Gasteiger partial charge in [0.1, 0.15) is 17.9 Å². The molecule has 0 bridgehead atoms. The van der Waals surface area contributed by atoms with Gasteiger partial charge >= 0.3 is 0 Å². The molecule has 0 saturated carbocycles. The van der Waals surface area contributed by atoms with Crippen LogP contribution in [0.2, 0.25) is 0 Å². The van der Waals surface area contributed by atoms with Crippen LogP contribution in [-0.2, 0) is 25.6 Å². The Hall–Kier alpha value is -4.34. The van der Waals surface area contributed by atoms with E-state index in [1.807, 2.05) is 24.3 Å². The van der Waals surface area contributed by atoms with Gasteiger partial charge in [0.25, 0.3) is 0 Å². The van der Waals surface area contributed by atoms with E-state index < -0.39 is 41.4 Å². The van der Waals surface area contributed by atoms with Gasteiger partial charge in [-0.1, -0.05) is 18.2 Å². The summed E-state index contributed by atoms with van der Waals surface area (Å²) in [6, 6.07) is 10.5. The van der Waals surface area contributed by atoms with E-state index in [0.717, 1.165) is 16.5 Å². The zero-order chi connectivity index (χ0) is 25.4. The van der Waals surface area contributed by atoms with Crippen molar-refractivity contribution < 1.29 is 23.6 Å². The maximum atomic E-state index is 13.2. The third-order valence-electron chi connectivity index (χ3n) is 5.38. The maximum Gasteiger partial charge on any atom is 0.246 e. The highest BCUT2D eigenvalue weighted by Gasteiger charge is 2.27. The zero-order valence-electron chi connectivity index (χ0n) is 19.1. The molecule has 0 radical (unpaired) electrons. The van der Waals surface area contributed by atoms with Gasteiger partial charge in [-0.25, -0.2) is 4.39 Å². The maximum absolute atomic E-state index is 13.2. The molecule has 9 nitrogen and oxygen atoms in total. The monoisotopic (exact) mass is 479 g/mol. The Labute approximate surface area is 201 Å². The molecule has 0 aliphatic carbocycles. The second-order valence-electron chi connectivity index (χ2n) is 8.02. The standard InChI is InChI=1S/C25H26FN5O4/c1-15(32)29-23(12-16-14-28-21-5-3-2-4-20(16)21)25(35)31-22(11-10-19(33)13-27)24(34)30-18-8-6-17(26)7-9-18/h2-9,13-14,22-23,27-28H,10-12H2,1H3,(H,29,32)(H,30,34)(H,31,35)/t22-,23-/m0/s1. The molecule has 0 unspecified atom stereocenters. The molecule has 0 aliphatic heterocycles. The number of aromatic amines is 1. The largest absolute Gasteiger partial charge is 0.361 e. The average molecular weight is 480 g/mol. The minimum absolute atomic E-state index is 0.0626. The second kappa shape index (κ2) is 11.7. The van der Waals surface area contributed by atoms with Gasteiger partial charge in [0, 0.05) is 42.6 Å². The van der Waals surface area contributed by atoms with E-state index in [0.29, 0.717) is 11.9 Å². The summed E-state index contributed by atoms with van der Waals surface area (Å²) in [4.78, 5) is 52.6. The normalized spacial score (nSPS) is 12.4. The lowest BCUT2D eigenvalue weighted by molar-refractivity contribution is -0.130. The van der Waals surface area contributed by atoms with Gasteiger partial charge in [-0.05, 0) is 42.3 Å². The quantitative estimate of drug-likeness (QED) is 0.269. The number of aromatic nitrogens is 1. The highest BCUT2D eigenvalue weighted by Crippen LogP contribution is 2.19. The Balaban J connectivity index is 1.78. The van der Waals surface area contributed by atoms with Crippen molar-refractivity contribution in [1.29, 1.82) is 5.41 Å². The number of rotatable bonds is 11. The second-order valence-corrected chi connectivity index (χ2v) is 8.02. The Kier molecular flexibility index (Phi) is 8.44. The van der Waals surface area contributed by atoms with E-state index in [1.165, 1.54) is 31.2 Å². The van der Waals surface area contributed by atoms with Crippen molar-refractivity contribution in [1.82, 2.24) is 15.6 Å². The van der Waals surface area contributed by atoms with Crippen LogP contribution in [0.15, 0.2) is 54.7 Å². The SMILES string of the molecule is CC(=O)N[C@@H](Cc1c[nH]c2ccccc12)C(=O)N[C@@H](CCC(=O)C=N)C(=O)Nc1ccc(F)cc1. The Morgan fingerprint density at radius 2 is 1.71 bits per heavy atom. The molecule has 182 valence electrons. The molecule has 0 aliphatic rings. The number of ketones is 1. The average Bonchev–Trinajstić information content (AvgIpc) is 3.24. The number of fused-ring (bicyclic) bond motifs is 1. The Morgan fingerprint density at radius 3 is 2.40 bits per heavy atom. The van der Waals surface area contributed by atoms with Crippen molar-refractivity contribution in [3.8, 4) is 0 Å². The van der Waals surface area contributed by atoms with Crippen LogP contribution in [0.5, 0.6) is 0 Å². The smallest absolute Gasteiger partial charge is 0.246 e. The summed E-state index contributed by atoms with van der Waals surface area (Å²) in [5, 5.41) is 15.8. The molecule has 2 atom stereocenters. The number of hydrogen-bond donors (Lipinski definition) is 5. The lowest BCUT2D eigenvalue weighted by atomic mass is 10.0. The molecule has 2 aromatic carbocycles. The van der Waals surface area contributed by atoms with E-state index in [9.17, 15) is 23.6 Å². The van der Waals surface area contributed by atoms with Crippen LogP contribution in [0.3, 0.4) is 0 Å². The van der Waals surface area contributed by atoms with Gasteiger partial charge in [-0.3, -0.25) is 19.2 Å². The van der Waals surface area contributed by atoms with Crippen LogP contribution in [0.25, 0.3) is 10.9 Å². The fourth-order valence-electron chi connectivity index (χ4n) is 3.64. The van der Waals surface area contributed by atoms with E-state index in [-0.39, 0.29) is 19.3 Å². The van der Waals surface area contributed by atoms with Gasteiger partial charge in [0.2, 0.25) is 17.7 Å². The molecule has 3 amide bonds. The number of hydrogen-bond acceptors (Lipinski definition) is 5. The van der Waals surface area contributed by atoms with Crippen LogP contribution < -0.4 is 16.0 Å². The van der Waals surface area contributed by atoms with Crippen molar-refractivity contribution in [3.63, 3.8) is 0 Å². The number of benzene rings is 2. The number of H-pyrrole nitrogens is 1. The van der Waals surface area contributed by atoms with E-state index in [1.54, 1.807) is 6.20 Å². The van der Waals surface area contributed by atoms with E-state index in [4.69, 9.17) is 5.41 Å². The van der Waals surface area contributed by atoms with Crippen LogP contribution >= 0.6 is 0 Å². The lowest BCUT2D eigenvalue weighted by Gasteiger charge is -2.23. The highest BCUT2D eigenvalue weighted by molar-refractivity contribution is 6.26. The molecular weight excluding hydrogens is 453 g/mol. The van der Waals surface area contributed by atoms with Crippen molar-refractivity contribution >= 4 is 46.3 Å². The molecule has 3 rings (SSSR count). The van der Waals surface area contributed by atoms with Gasteiger partial charge in [0.05, 0.1) is 6.21 Å². The minimum Gasteiger partial charge on any atom is -0.361 e. The van der Waals surface area contributed by atoms with E-state index in [2.05, 4.69) is 20.9 Å². The lowest BCUT2D eigenvalue weighted by Crippen LogP contribution is -2.53. The molecular formula is C25H26FN5O4. The number of amides is 3. The first kappa shape index (κ1) is 25.3. The minimum atomic E-state index is -1.13. The topological polar surface area (TPSA) is 144 Å². The molecule has 3 aromatic rings. The van der Waals surface area contributed by atoms with Crippen LogP contribution in [0.4, 0.5) is 10.1 Å². The van der Waals surface area contributed by atoms with Gasteiger partial charge < -0.3 is 26.3 Å². The number of halogens is 1. The van der Waals surface area contributed by atoms with Crippen LogP contribution in [-0.4, -0.2) is 46.8 Å². The Bertz CT molecular complexity index is 1240. The molecule has 0 spiro atoms. The van der Waals surface area contributed by atoms with Crippen molar-refractivity contribution in [2.45, 2.75) is 38.3 Å². The molecule has 1 aromatic heterocycles. The summed E-state index contributed by atoms with van der Waals surface area (Å²) in [7, 11) is 0. The summed E-state index contributed by atoms with van der Waals surface area (Å²) in [5.74, 6) is -2.62. The number of carbonyl (C=O) groups excluding carboxylic acids is 4. The zero-order valence-corrected chi connectivity index (χ0v) is 19.1. The fraction of sp³-hybridized carbons (Fsp3) is 0.240. The highest BCUT2D eigenvalue weighted by atomic mass is 19.1. The molecule has 0 saturated heterocycles. The number of anilines is 1. The van der Waals surface area contributed by atoms with Crippen LogP contribution in [0.1, 0.15) is 25.3 Å². The van der Waals surface area contributed by atoms with Crippen molar-refractivity contribution in [2.24, 2.45) is 0 Å². The third kappa shape index (κ3) is 7.07. The summed E-state index contributed by atoms with van der Waals surface area (Å²) in [6.45, 7) is 1.29. The summed E-state index contributed by atoms with van der Waals surface area (Å²) >= 11 is 0. The fourth-order valence-corrected chi connectivity index (χ4v) is 3.64. The molecule has 0 fully saturated rings. The molecule has 10 heteroatoms. The van der Waals surface area contributed by atoms with E-state index >= 15 is 0 Å². The van der Waals surface area contributed by atoms with Gasteiger partial charge in [-0.2, -0.15) is 0 Å². The number of carbonyl (C=O) groups is 4. The Morgan fingerprint density at radius 1 is 1.00 bits per heavy atom. The number of nitrogens with one attached hydrogen (secondary N) is 5. The third-order valence-corrected chi connectivity index (χ3v) is 5.38. The first-order valence-corrected chi connectivity index (χ1v) is 11.0. The first-order chi connectivity index (χ1) is 16.8. The molecule has 5 N–H and O–H groups in total. The van der Waals surface area contributed by atoms with Gasteiger partial charge in [0.15, 0.2) is 5.78 Å². The predicted molar refractivity (Wildman–Crippen MR) is 130 cm³/mol. The number of Topliss-reactive ketones (excluding diaryl/α,β-unsaturated/α-hetero) is 1. The van der Waals surface area contributed by atoms with Crippen molar-refractivity contribution in [3.05, 3.63) is 66.1 Å². The predicted octanol–water partition coefficient (Wildman–Crippen LogP) is 2.48. The summed E-state index contributed by atoms with van der Waals surface area (Å²) < 4.78 is 13.2. The number of para-hydroxylation sites is 1. The van der Waals surface area contributed by atoms with Gasteiger partial charge in [-0.15, -0.1) is 0 Å². The van der Waals surface area contributed by atoms with Crippen molar-refractivity contribution in [2.75, 3.05) is 5.32 Å². The first-order valence-electron chi connectivity index (χ1n) is 11.0. The molecule has 35 heavy (non-hydrogen) atoms. The summed E-state index contributed by atoms with van der Waals surface area (Å²) in [5.41, 5.74) is 2.00.